The molecular weight excluding hydrogens is 216 g/mol. The van der Waals surface area contributed by atoms with Gasteiger partial charge in [0.05, 0.1) is 17.5 Å². The molecule has 0 fully saturated rings. The van der Waals surface area contributed by atoms with Crippen molar-refractivity contribution in [2.75, 3.05) is 16.7 Å². The molecule has 0 atom stereocenters. The number of aromatic amines is 1. The number of fused-ring (bicyclic) bond motifs is 1. The Labute approximate surface area is 86.6 Å². The lowest BCUT2D eigenvalue weighted by Gasteiger charge is -2.03. The highest BCUT2D eigenvalue weighted by molar-refractivity contribution is 7.92. The Hall–Kier alpha value is -1.76. The van der Waals surface area contributed by atoms with E-state index in [0.717, 1.165) is 6.26 Å². The largest absolute Gasteiger partial charge is 0.369 e. The van der Waals surface area contributed by atoms with Crippen molar-refractivity contribution in [1.82, 2.24) is 9.97 Å². The lowest BCUT2D eigenvalue weighted by Crippen LogP contribution is -2.09. The van der Waals surface area contributed by atoms with Crippen molar-refractivity contribution in [2.24, 2.45) is 0 Å². The molecule has 2 rings (SSSR count). The van der Waals surface area contributed by atoms with Gasteiger partial charge in [-0.25, -0.2) is 13.4 Å². The van der Waals surface area contributed by atoms with Crippen LogP contribution in [0.25, 0.3) is 11.0 Å². The maximum atomic E-state index is 11.1. The molecule has 0 aliphatic rings. The predicted molar refractivity (Wildman–Crippen MR) is 59.0 cm³/mol. The number of nitrogens with two attached hydrogens (primary N) is 1. The highest BCUT2D eigenvalue weighted by Gasteiger charge is 2.08. The number of H-pyrrole nitrogens is 1. The molecule has 15 heavy (non-hydrogen) atoms. The average Bonchev–Trinajstić information content (AvgIpc) is 2.43. The molecule has 80 valence electrons. The molecule has 2 aromatic rings. The van der Waals surface area contributed by atoms with E-state index in [4.69, 9.17) is 5.73 Å². The first kappa shape index (κ1) is 9.78. The van der Waals surface area contributed by atoms with Crippen molar-refractivity contribution >= 4 is 32.7 Å². The van der Waals surface area contributed by atoms with Gasteiger partial charge in [0, 0.05) is 0 Å². The average molecular weight is 226 g/mol. The summed E-state index contributed by atoms with van der Waals surface area (Å²) in [6, 6.07) is 5.11. The molecule has 0 spiro atoms. The molecule has 0 aliphatic carbocycles. The number of hydrogen-bond acceptors (Lipinski definition) is 4. The molecule has 1 heterocycles. The summed E-state index contributed by atoms with van der Waals surface area (Å²) in [5.74, 6) is 0.257. The first-order valence-electron chi connectivity index (χ1n) is 4.18. The third-order valence-electron chi connectivity index (χ3n) is 1.83. The Morgan fingerprint density at radius 1 is 1.47 bits per heavy atom. The lowest BCUT2D eigenvalue weighted by molar-refractivity contribution is 0.607. The number of para-hydroxylation sites is 1. The summed E-state index contributed by atoms with van der Waals surface area (Å²) < 4.78 is 24.5. The van der Waals surface area contributed by atoms with E-state index in [-0.39, 0.29) is 5.95 Å². The highest BCUT2D eigenvalue weighted by Crippen LogP contribution is 2.22. The monoisotopic (exact) mass is 226 g/mol. The molecule has 0 bridgehead atoms. The minimum atomic E-state index is -3.30. The molecule has 6 nitrogen and oxygen atoms in total. The van der Waals surface area contributed by atoms with Gasteiger partial charge in [0.25, 0.3) is 0 Å². The molecule has 4 N–H and O–H groups in total. The number of sulfonamides is 1. The maximum Gasteiger partial charge on any atom is 0.229 e. The summed E-state index contributed by atoms with van der Waals surface area (Å²) >= 11 is 0. The second-order valence-corrected chi connectivity index (χ2v) is 4.95. The second kappa shape index (κ2) is 3.13. The van der Waals surface area contributed by atoms with Crippen molar-refractivity contribution in [3.63, 3.8) is 0 Å². The number of nitrogen functional groups attached to an aromatic ring is 1. The summed E-state index contributed by atoms with van der Waals surface area (Å²) in [5, 5.41) is 0. The van der Waals surface area contributed by atoms with Gasteiger partial charge in [-0.15, -0.1) is 0 Å². The van der Waals surface area contributed by atoms with Crippen molar-refractivity contribution in [2.45, 2.75) is 0 Å². The summed E-state index contributed by atoms with van der Waals surface area (Å²) in [6.45, 7) is 0. The number of benzene rings is 1. The summed E-state index contributed by atoms with van der Waals surface area (Å²) in [6.07, 6.45) is 1.09. The molecule has 0 saturated carbocycles. The van der Waals surface area contributed by atoms with Crippen LogP contribution in [0, 0.1) is 0 Å². The van der Waals surface area contributed by atoms with Gasteiger partial charge in [0.1, 0.15) is 5.52 Å². The van der Waals surface area contributed by atoms with E-state index < -0.39 is 10.0 Å². The van der Waals surface area contributed by atoms with Crippen molar-refractivity contribution in [3.8, 4) is 0 Å². The quantitative estimate of drug-likeness (QED) is 0.694. The molecule has 1 aromatic carbocycles. The zero-order chi connectivity index (χ0) is 11.1. The zero-order valence-electron chi connectivity index (χ0n) is 7.98. The Morgan fingerprint density at radius 3 is 2.87 bits per heavy atom. The number of aromatic nitrogens is 2. The summed E-state index contributed by atoms with van der Waals surface area (Å²) in [5.41, 5.74) is 7.11. The molecule has 7 heteroatoms. The zero-order valence-corrected chi connectivity index (χ0v) is 8.80. The standard InChI is InChI=1S/C8H10N4O2S/c1-15(13,14)12-6-4-2-3-5-7(6)11-8(9)10-5/h2-4,12H,1H3,(H3,9,10,11). The Balaban J connectivity index is 2.60. The SMILES string of the molecule is CS(=O)(=O)Nc1cccc2[nH]c(N)nc12. The summed E-state index contributed by atoms with van der Waals surface area (Å²) in [4.78, 5) is 6.81. The van der Waals surface area contributed by atoms with Crippen LogP contribution in [-0.2, 0) is 10.0 Å². The third kappa shape index (κ3) is 2.01. The van der Waals surface area contributed by atoms with Crippen LogP contribution in [0.15, 0.2) is 18.2 Å². The van der Waals surface area contributed by atoms with Gasteiger partial charge in [0.2, 0.25) is 10.0 Å². The number of nitrogens with zero attached hydrogens (tertiary/aromatic N) is 1. The van der Waals surface area contributed by atoms with Crippen molar-refractivity contribution in [1.29, 1.82) is 0 Å². The van der Waals surface area contributed by atoms with Gasteiger partial charge in [-0.1, -0.05) is 6.07 Å². The van der Waals surface area contributed by atoms with Crippen LogP contribution in [-0.4, -0.2) is 24.6 Å². The van der Waals surface area contributed by atoms with Gasteiger partial charge in [-0.3, -0.25) is 4.72 Å². The van der Waals surface area contributed by atoms with Crippen LogP contribution in [0.5, 0.6) is 0 Å². The molecule has 0 unspecified atom stereocenters. The van der Waals surface area contributed by atoms with Gasteiger partial charge < -0.3 is 10.7 Å². The van der Waals surface area contributed by atoms with Crippen LogP contribution >= 0.6 is 0 Å². The van der Waals surface area contributed by atoms with Crippen molar-refractivity contribution < 1.29 is 8.42 Å². The van der Waals surface area contributed by atoms with Crippen molar-refractivity contribution in [3.05, 3.63) is 18.2 Å². The van der Waals surface area contributed by atoms with Gasteiger partial charge in [-0.2, -0.15) is 0 Å². The summed E-state index contributed by atoms with van der Waals surface area (Å²) in [7, 11) is -3.30. The number of rotatable bonds is 2. The lowest BCUT2D eigenvalue weighted by atomic mass is 10.3. The maximum absolute atomic E-state index is 11.1. The smallest absolute Gasteiger partial charge is 0.229 e. The third-order valence-corrected chi connectivity index (χ3v) is 2.42. The van der Waals surface area contributed by atoms with Gasteiger partial charge in [0.15, 0.2) is 5.95 Å². The van der Waals surface area contributed by atoms with Gasteiger partial charge in [-0.05, 0) is 12.1 Å². The fourth-order valence-corrected chi connectivity index (χ4v) is 1.90. The molecule has 0 radical (unpaired) electrons. The molecule has 0 saturated heterocycles. The number of anilines is 2. The Kier molecular flexibility index (Phi) is 2.04. The first-order valence-corrected chi connectivity index (χ1v) is 6.07. The van der Waals surface area contributed by atoms with E-state index in [1.165, 1.54) is 0 Å². The van der Waals surface area contributed by atoms with Crippen LogP contribution < -0.4 is 10.5 Å². The van der Waals surface area contributed by atoms with E-state index in [2.05, 4.69) is 14.7 Å². The van der Waals surface area contributed by atoms with E-state index >= 15 is 0 Å². The minimum Gasteiger partial charge on any atom is -0.369 e. The minimum absolute atomic E-state index is 0.257. The first-order chi connectivity index (χ1) is 6.96. The number of imidazole rings is 1. The Bertz CT molecular complexity index is 602. The highest BCUT2D eigenvalue weighted by atomic mass is 32.2. The number of hydrogen-bond donors (Lipinski definition) is 3. The topological polar surface area (TPSA) is 101 Å². The molecular formula is C8H10N4O2S. The predicted octanol–water partition coefficient (Wildman–Crippen LogP) is 0.517. The van der Waals surface area contributed by atoms with Crippen LogP contribution in [0.1, 0.15) is 0 Å². The Morgan fingerprint density at radius 2 is 2.20 bits per heavy atom. The van der Waals surface area contributed by atoms with Crippen LogP contribution in [0.3, 0.4) is 0 Å². The van der Waals surface area contributed by atoms with Crippen LogP contribution in [0.2, 0.25) is 0 Å². The fourth-order valence-electron chi connectivity index (χ4n) is 1.33. The van der Waals surface area contributed by atoms with E-state index in [9.17, 15) is 8.42 Å². The fraction of sp³-hybridized carbons (Fsp3) is 0.125. The van der Waals surface area contributed by atoms with E-state index in [0.29, 0.717) is 16.7 Å². The molecule has 1 aromatic heterocycles. The second-order valence-electron chi connectivity index (χ2n) is 3.20. The van der Waals surface area contributed by atoms with Crippen LogP contribution in [0.4, 0.5) is 11.6 Å². The van der Waals surface area contributed by atoms with E-state index in [1.807, 2.05) is 0 Å². The van der Waals surface area contributed by atoms with Gasteiger partial charge >= 0.3 is 0 Å². The molecule has 0 amide bonds. The molecule has 0 aliphatic heterocycles. The van der Waals surface area contributed by atoms with E-state index in [1.54, 1.807) is 18.2 Å². The number of nitrogens with one attached hydrogen (secondary N) is 2. The normalized spacial score (nSPS) is 11.8.